The van der Waals surface area contributed by atoms with Gasteiger partial charge in [0.15, 0.2) is 0 Å². The van der Waals surface area contributed by atoms with E-state index in [9.17, 15) is 9.59 Å². The van der Waals surface area contributed by atoms with Gasteiger partial charge in [0.2, 0.25) is 0 Å². The van der Waals surface area contributed by atoms with Crippen LogP contribution in [0, 0.1) is 0 Å². The molecule has 0 heterocycles. The largest absolute Gasteiger partial charge is 0.421 e. The fraction of sp³-hybridized carbons (Fsp3) is 0.231. The lowest BCUT2D eigenvalue weighted by Crippen LogP contribution is -2.19. The maximum absolute atomic E-state index is 10.8. The Kier molecular flexibility index (Phi) is 5.39. The van der Waals surface area contributed by atoms with Crippen LogP contribution in [0.5, 0.6) is 0 Å². The minimum absolute atomic E-state index is 0.531. The molecule has 0 aliphatic carbocycles. The highest BCUT2D eigenvalue weighted by Crippen LogP contribution is 2.12. The van der Waals surface area contributed by atoms with Gasteiger partial charge in [-0.3, -0.25) is 9.59 Å². The number of benzene rings is 1. The van der Waals surface area contributed by atoms with Crippen LogP contribution < -0.4 is 0 Å². The molecule has 1 rings (SSSR count). The monoisotopic (exact) mass is 268 g/mol. The van der Waals surface area contributed by atoms with Crippen LogP contribution in [0.15, 0.2) is 30.3 Å². The SMILES string of the molecule is CC(=O)OC(C=Cc1cccc(Cl)c1)OC(C)=O. The fourth-order valence-corrected chi connectivity index (χ4v) is 1.43. The summed E-state index contributed by atoms with van der Waals surface area (Å²) < 4.78 is 9.62. The highest BCUT2D eigenvalue weighted by atomic mass is 35.5. The number of ether oxygens (including phenoxy) is 2. The van der Waals surface area contributed by atoms with E-state index in [1.807, 2.05) is 6.07 Å². The van der Waals surface area contributed by atoms with Crippen molar-refractivity contribution in [1.29, 1.82) is 0 Å². The lowest BCUT2D eigenvalue weighted by atomic mass is 10.2. The molecule has 1 aromatic rings. The van der Waals surface area contributed by atoms with Gasteiger partial charge in [-0.2, -0.15) is 0 Å². The van der Waals surface area contributed by atoms with Gasteiger partial charge in [0.25, 0.3) is 6.29 Å². The smallest absolute Gasteiger partial charge is 0.305 e. The number of carbonyl (C=O) groups excluding carboxylic acids is 2. The van der Waals surface area contributed by atoms with E-state index in [4.69, 9.17) is 21.1 Å². The zero-order valence-electron chi connectivity index (χ0n) is 10.1. The lowest BCUT2D eigenvalue weighted by molar-refractivity contribution is -0.176. The summed E-state index contributed by atoms with van der Waals surface area (Å²) in [6, 6.07) is 7.08. The molecule has 0 unspecified atom stereocenters. The van der Waals surface area contributed by atoms with E-state index in [0.717, 1.165) is 5.56 Å². The fourth-order valence-electron chi connectivity index (χ4n) is 1.23. The van der Waals surface area contributed by atoms with Crippen molar-refractivity contribution in [2.45, 2.75) is 20.1 Å². The van der Waals surface area contributed by atoms with Crippen molar-refractivity contribution in [3.8, 4) is 0 Å². The Labute approximate surface area is 110 Å². The Hall–Kier alpha value is -1.81. The summed E-state index contributed by atoms with van der Waals surface area (Å²) in [4.78, 5) is 21.7. The Morgan fingerprint density at radius 1 is 1.22 bits per heavy atom. The van der Waals surface area contributed by atoms with Crippen LogP contribution in [0.1, 0.15) is 19.4 Å². The molecule has 0 radical (unpaired) electrons. The van der Waals surface area contributed by atoms with Crippen LogP contribution in [0.2, 0.25) is 5.02 Å². The molecule has 0 saturated heterocycles. The van der Waals surface area contributed by atoms with Crippen molar-refractivity contribution in [3.63, 3.8) is 0 Å². The van der Waals surface area contributed by atoms with Gasteiger partial charge in [-0.1, -0.05) is 29.8 Å². The molecule has 0 saturated carbocycles. The summed E-state index contributed by atoms with van der Waals surface area (Å²) in [5.74, 6) is -1.06. The first-order valence-corrected chi connectivity index (χ1v) is 5.63. The molecule has 0 aliphatic rings. The molecule has 96 valence electrons. The van der Waals surface area contributed by atoms with Crippen LogP contribution in [-0.2, 0) is 19.1 Å². The molecular formula is C13H13ClO4. The molecule has 0 aromatic heterocycles. The summed E-state index contributed by atoms with van der Waals surface area (Å²) in [6.07, 6.45) is 2.09. The summed E-state index contributed by atoms with van der Waals surface area (Å²) in [6.45, 7) is 2.48. The average molecular weight is 269 g/mol. The second-order valence-electron chi connectivity index (χ2n) is 3.50. The summed E-state index contributed by atoms with van der Waals surface area (Å²) >= 11 is 5.82. The Balaban J connectivity index is 2.75. The zero-order valence-corrected chi connectivity index (χ0v) is 10.8. The molecular weight excluding hydrogens is 256 g/mol. The number of carbonyl (C=O) groups is 2. The first-order chi connectivity index (χ1) is 8.47. The quantitative estimate of drug-likeness (QED) is 0.622. The van der Waals surface area contributed by atoms with E-state index in [1.54, 1.807) is 24.3 Å². The van der Waals surface area contributed by atoms with Gasteiger partial charge in [0, 0.05) is 18.9 Å². The molecule has 0 spiro atoms. The lowest BCUT2D eigenvalue weighted by Gasteiger charge is -2.12. The van der Waals surface area contributed by atoms with Gasteiger partial charge in [0.05, 0.1) is 0 Å². The normalized spacial score (nSPS) is 10.7. The third kappa shape index (κ3) is 5.50. The maximum Gasteiger partial charge on any atom is 0.305 e. The predicted octanol–water partition coefficient (Wildman–Crippen LogP) is 2.81. The minimum atomic E-state index is -1.03. The highest BCUT2D eigenvalue weighted by molar-refractivity contribution is 6.30. The summed E-state index contributed by atoms with van der Waals surface area (Å²) in [5.41, 5.74) is 0.812. The van der Waals surface area contributed by atoms with Crippen molar-refractivity contribution < 1.29 is 19.1 Å². The first kappa shape index (κ1) is 14.3. The van der Waals surface area contributed by atoms with E-state index in [0.29, 0.717) is 5.02 Å². The van der Waals surface area contributed by atoms with E-state index in [1.165, 1.54) is 19.9 Å². The molecule has 0 atom stereocenters. The number of rotatable bonds is 4. The summed E-state index contributed by atoms with van der Waals surface area (Å²) in [5, 5.41) is 0.591. The highest BCUT2D eigenvalue weighted by Gasteiger charge is 2.10. The van der Waals surface area contributed by atoms with Crippen LogP contribution >= 0.6 is 11.6 Å². The van der Waals surface area contributed by atoms with Gasteiger partial charge in [-0.15, -0.1) is 0 Å². The number of halogens is 1. The van der Waals surface area contributed by atoms with Crippen molar-refractivity contribution in [1.82, 2.24) is 0 Å². The second-order valence-corrected chi connectivity index (χ2v) is 3.94. The van der Waals surface area contributed by atoms with Gasteiger partial charge < -0.3 is 9.47 Å². The number of esters is 2. The Morgan fingerprint density at radius 3 is 2.33 bits per heavy atom. The predicted molar refractivity (Wildman–Crippen MR) is 67.8 cm³/mol. The van der Waals surface area contributed by atoms with E-state index in [2.05, 4.69) is 0 Å². The van der Waals surface area contributed by atoms with Crippen LogP contribution in [0.4, 0.5) is 0 Å². The number of hydrogen-bond acceptors (Lipinski definition) is 4. The van der Waals surface area contributed by atoms with E-state index in [-0.39, 0.29) is 0 Å². The minimum Gasteiger partial charge on any atom is -0.421 e. The molecule has 4 nitrogen and oxygen atoms in total. The van der Waals surface area contributed by atoms with Crippen molar-refractivity contribution in [3.05, 3.63) is 40.9 Å². The third-order valence-corrected chi connectivity index (χ3v) is 2.09. The molecule has 1 aromatic carbocycles. The Bertz CT molecular complexity index is 452. The topological polar surface area (TPSA) is 52.6 Å². The standard InChI is InChI=1S/C13H13ClO4/c1-9(15)17-13(18-10(2)16)7-6-11-4-3-5-12(14)8-11/h3-8,13H,1-2H3. The van der Waals surface area contributed by atoms with Gasteiger partial charge in [0.1, 0.15) is 0 Å². The third-order valence-electron chi connectivity index (χ3n) is 1.86. The molecule has 0 amide bonds. The van der Waals surface area contributed by atoms with Crippen LogP contribution in [0.3, 0.4) is 0 Å². The molecule has 0 N–H and O–H groups in total. The summed E-state index contributed by atoms with van der Waals surface area (Å²) in [7, 11) is 0. The van der Waals surface area contributed by atoms with Crippen LogP contribution in [0.25, 0.3) is 6.08 Å². The molecule has 5 heteroatoms. The van der Waals surface area contributed by atoms with E-state index < -0.39 is 18.2 Å². The van der Waals surface area contributed by atoms with Gasteiger partial charge >= 0.3 is 11.9 Å². The number of hydrogen-bond donors (Lipinski definition) is 0. The maximum atomic E-state index is 10.8. The van der Waals surface area contributed by atoms with E-state index >= 15 is 0 Å². The molecule has 0 bridgehead atoms. The molecule has 0 fully saturated rings. The van der Waals surface area contributed by atoms with Gasteiger partial charge in [-0.25, -0.2) is 0 Å². The van der Waals surface area contributed by atoms with Crippen molar-refractivity contribution >= 4 is 29.6 Å². The Morgan fingerprint density at radius 2 is 1.83 bits per heavy atom. The first-order valence-electron chi connectivity index (χ1n) is 5.25. The van der Waals surface area contributed by atoms with Crippen LogP contribution in [-0.4, -0.2) is 18.2 Å². The zero-order chi connectivity index (χ0) is 13.5. The average Bonchev–Trinajstić information content (AvgIpc) is 2.24. The van der Waals surface area contributed by atoms with Gasteiger partial charge in [-0.05, 0) is 23.8 Å². The molecule has 18 heavy (non-hydrogen) atoms. The van der Waals surface area contributed by atoms with Crippen molar-refractivity contribution in [2.75, 3.05) is 0 Å². The van der Waals surface area contributed by atoms with Crippen molar-refractivity contribution in [2.24, 2.45) is 0 Å². The second kappa shape index (κ2) is 6.81. The molecule has 0 aliphatic heterocycles.